The number of carbonyl (C=O) groups is 2. The molecule has 0 fully saturated rings. The lowest BCUT2D eigenvalue weighted by Gasteiger charge is -2.09. The number of benzene rings is 2. The summed E-state index contributed by atoms with van der Waals surface area (Å²) in [5.41, 5.74) is 2.04. The Morgan fingerprint density at radius 2 is 1.72 bits per heavy atom. The molecule has 0 radical (unpaired) electrons. The minimum absolute atomic E-state index is 0.225. The van der Waals surface area contributed by atoms with Crippen molar-refractivity contribution in [1.29, 1.82) is 0 Å². The standard InChI is InChI=1S/C19H21NO4S/c1-3-14-9-11-15(12-10-14)20-18(21)13-24-19(22)16-7-5-6-8-17(16)25(23)4-2/h5-12H,3-4,13H2,1-2H3,(H,20,21). The van der Waals surface area contributed by atoms with Crippen LogP contribution in [0.15, 0.2) is 53.4 Å². The molecular weight excluding hydrogens is 338 g/mol. The molecule has 0 spiro atoms. The zero-order valence-electron chi connectivity index (χ0n) is 14.3. The molecule has 0 saturated heterocycles. The van der Waals surface area contributed by atoms with Gasteiger partial charge in [-0.05, 0) is 36.2 Å². The average Bonchev–Trinajstić information content (AvgIpc) is 2.66. The Hall–Kier alpha value is -2.47. The average molecular weight is 359 g/mol. The summed E-state index contributed by atoms with van der Waals surface area (Å²) in [5, 5.41) is 2.67. The number of carbonyl (C=O) groups excluding carboxylic acids is 2. The lowest BCUT2D eigenvalue weighted by molar-refractivity contribution is -0.119. The fourth-order valence-electron chi connectivity index (χ4n) is 2.22. The minimum atomic E-state index is -1.27. The number of hydrogen-bond donors (Lipinski definition) is 1. The van der Waals surface area contributed by atoms with Crippen LogP contribution in [0.1, 0.15) is 29.8 Å². The molecule has 1 unspecified atom stereocenters. The first kappa shape index (κ1) is 18.9. The van der Waals surface area contributed by atoms with Gasteiger partial charge in [0.15, 0.2) is 6.61 Å². The molecule has 0 saturated carbocycles. The number of hydrogen-bond acceptors (Lipinski definition) is 4. The number of ether oxygens (including phenoxy) is 1. The zero-order valence-corrected chi connectivity index (χ0v) is 15.1. The highest BCUT2D eigenvalue weighted by atomic mass is 32.2. The third kappa shape index (κ3) is 5.26. The Kier molecular flexibility index (Phi) is 6.89. The van der Waals surface area contributed by atoms with Crippen molar-refractivity contribution in [3.8, 4) is 0 Å². The maximum Gasteiger partial charge on any atom is 0.339 e. The van der Waals surface area contributed by atoms with Crippen LogP contribution in [-0.2, 0) is 26.8 Å². The quantitative estimate of drug-likeness (QED) is 0.771. The van der Waals surface area contributed by atoms with Gasteiger partial charge in [0.25, 0.3) is 5.91 Å². The number of nitrogens with one attached hydrogen (secondary N) is 1. The predicted octanol–water partition coefficient (Wildman–Crippen LogP) is 3.17. The van der Waals surface area contributed by atoms with Gasteiger partial charge in [-0.1, -0.05) is 38.1 Å². The molecule has 0 aliphatic heterocycles. The van der Waals surface area contributed by atoms with Gasteiger partial charge in [0, 0.05) is 11.4 Å². The van der Waals surface area contributed by atoms with Crippen LogP contribution >= 0.6 is 0 Å². The SMILES string of the molecule is CCc1ccc(NC(=O)COC(=O)c2ccccc2S(=O)CC)cc1. The number of amides is 1. The normalized spacial score (nSPS) is 11.6. The van der Waals surface area contributed by atoms with Crippen LogP contribution in [0.3, 0.4) is 0 Å². The van der Waals surface area contributed by atoms with Crippen molar-refractivity contribution < 1.29 is 18.5 Å². The lowest BCUT2D eigenvalue weighted by atomic mass is 10.1. The van der Waals surface area contributed by atoms with Crippen LogP contribution < -0.4 is 5.32 Å². The van der Waals surface area contributed by atoms with E-state index in [2.05, 4.69) is 12.2 Å². The van der Waals surface area contributed by atoms with Crippen molar-refractivity contribution in [2.45, 2.75) is 25.2 Å². The summed E-state index contributed by atoms with van der Waals surface area (Å²) in [5.74, 6) is -0.681. The Labute approximate surface area is 149 Å². The number of esters is 1. The summed E-state index contributed by atoms with van der Waals surface area (Å²) in [6, 6.07) is 14.0. The number of aryl methyl sites for hydroxylation is 1. The molecule has 0 bridgehead atoms. The first-order valence-electron chi connectivity index (χ1n) is 8.08. The van der Waals surface area contributed by atoms with Gasteiger partial charge in [-0.15, -0.1) is 0 Å². The molecule has 6 heteroatoms. The molecule has 25 heavy (non-hydrogen) atoms. The van der Waals surface area contributed by atoms with Gasteiger partial charge >= 0.3 is 5.97 Å². The van der Waals surface area contributed by atoms with E-state index < -0.39 is 29.3 Å². The van der Waals surface area contributed by atoms with Crippen LogP contribution in [0.25, 0.3) is 0 Å². The Morgan fingerprint density at radius 1 is 1.04 bits per heavy atom. The number of rotatable bonds is 7. The molecule has 0 aliphatic rings. The first-order chi connectivity index (χ1) is 12.0. The highest BCUT2D eigenvalue weighted by Gasteiger charge is 2.17. The van der Waals surface area contributed by atoms with Crippen LogP contribution in [0.2, 0.25) is 0 Å². The highest BCUT2D eigenvalue weighted by Crippen LogP contribution is 2.15. The van der Waals surface area contributed by atoms with Crippen molar-refractivity contribution in [2.24, 2.45) is 0 Å². The van der Waals surface area contributed by atoms with Crippen LogP contribution in [-0.4, -0.2) is 28.4 Å². The van der Waals surface area contributed by atoms with Crippen molar-refractivity contribution in [1.82, 2.24) is 0 Å². The highest BCUT2D eigenvalue weighted by molar-refractivity contribution is 7.85. The molecule has 1 N–H and O–H groups in total. The summed E-state index contributed by atoms with van der Waals surface area (Å²) < 4.78 is 17.1. The van der Waals surface area contributed by atoms with Crippen molar-refractivity contribution in [3.63, 3.8) is 0 Å². The second-order valence-electron chi connectivity index (χ2n) is 5.31. The topological polar surface area (TPSA) is 72.5 Å². The monoisotopic (exact) mass is 359 g/mol. The Bertz CT molecular complexity index is 771. The maximum atomic E-state index is 12.2. The summed E-state index contributed by atoms with van der Waals surface area (Å²) in [6.07, 6.45) is 0.921. The van der Waals surface area contributed by atoms with E-state index in [1.54, 1.807) is 43.3 Å². The van der Waals surface area contributed by atoms with Crippen molar-refractivity contribution in [2.75, 3.05) is 17.7 Å². The summed E-state index contributed by atoms with van der Waals surface area (Å²) in [4.78, 5) is 24.5. The molecule has 1 atom stereocenters. The number of anilines is 1. The Balaban J connectivity index is 1.95. The van der Waals surface area contributed by atoms with Crippen LogP contribution in [0, 0.1) is 0 Å². The largest absolute Gasteiger partial charge is 0.452 e. The molecule has 2 aromatic rings. The van der Waals surface area contributed by atoms with E-state index in [0.717, 1.165) is 6.42 Å². The minimum Gasteiger partial charge on any atom is -0.452 e. The third-order valence-electron chi connectivity index (χ3n) is 3.59. The molecular formula is C19H21NO4S. The molecule has 0 heterocycles. The van der Waals surface area contributed by atoms with E-state index in [1.165, 1.54) is 5.56 Å². The van der Waals surface area contributed by atoms with Gasteiger partial charge in [0.05, 0.1) is 21.3 Å². The predicted molar refractivity (Wildman–Crippen MR) is 98.1 cm³/mol. The van der Waals surface area contributed by atoms with E-state index in [0.29, 0.717) is 16.3 Å². The van der Waals surface area contributed by atoms with Gasteiger partial charge in [-0.3, -0.25) is 9.00 Å². The smallest absolute Gasteiger partial charge is 0.339 e. The molecule has 132 valence electrons. The summed E-state index contributed by atoms with van der Waals surface area (Å²) in [7, 11) is -1.27. The van der Waals surface area contributed by atoms with Gasteiger partial charge in [0.1, 0.15) is 0 Å². The molecule has 2 rings (SSSR count). The summed E-state index contributed by atoms with van der Waals surface area (Å²) in [6.45, 7) is 3.42. The maximum absolute atomic E-state index is 12.2. The van der Waals surface area contributed by atoms with Gasteiger partial charge in [-0.2, -0.15) is 0 Å². The van der Waals surface area contributed by atoms with Gasteiger partial charge in [-0.25, -0.2) is 4.79 Å². The second kappa shape index (κ2) is 9.13. The molecule has 1 amide bonds. The van der Waals surface area contributed by atoms with Crippen LogP contribution in [0.5, 0.6) is 0 Å². The van der Waals surface area contributed by atoms with Crippen molar-refractivity contribution >= 4 is 28.4 Å². The van der Waals surface area contributed by atoms with Gasteiger partial charge < -0.3 is 10.1 Å². The molecule has 0 aliphatic carbocycles. The molecule has 5 nitrogen and oxygen atoms in total. The fraction of sp³-hybridized carbons (Fsp3) is 0.263. The van der Waals surface area contributed by atoms with Crippen molar-refractivity contribution in [3.05, 3.63) is 59.7 Å². The van der Waals surface area contributed by atoms with E-state index in [-0.39, 0.29) is 5.56 Å². The summed E-state index contributed by atoms with van der Waals surface area (Å²) >= 11 is 0. The fourth-order valence-corrected chi connectivity index (χ4v) is 3.16. The van der Waals surface area contributed by atoms with E-state index in [1.807, 2.05) is 12.1 Å². The van der Waals surface area contributed by atoms with E-state index >= 15 is 0 Å². The van der Waals surface area contributed by atoms with E-state index in [4.69, 9.17) is 4.74 Å². The third-order valence-corrected chi connectivity index (χ3v) is 4.97. The molecule has 0 aromatic heterocycles. The van der Waals surface area contributed by atoms with E-state index in [9.17, 15) is 13.8 Å². The van der Waals surface area contributed by atoms with Gasteiger partial charge in [0.2, 0.25) is 0 Å². The second-order valence-corrected chi connectivity index (χ2v) is 7.01. The Morgan fingerprint density at radius 3 is 2.36 bits per heavy atom. The lowest BCUT2D eigenvalue weighted by Crippen LogP contribution is -2.21. The zero-order chi connectivity index (χ0) is 18.2. The van der Waals surface area contributed by atoms with Crippen LogP contribution in [0.4, 0.5) is 5.69 Å². The first-order valence-corrected chi connectivity index (χ1v) is 9.40. The molecule has 2 aromatic carbocycles.